The second kappa shape index (κ2) is 7.06. The highest BCUT2D eigenvalue weighted by molar-refractivity contribution is 7.10. The van der Waals surface area contributed by atoms with Gasteiger partial charge in [0.2, 0.25) is 0 Å². The Kier molecular flexibility index (Phi) is 5.40. The first-order chi connectivity index (χ1) is 9.22. The van der Waals surface area contributed by atoms with E-state index in [1.807, 2.05) is 0 Å². The van der Waals surface area contributed by atoms with Crippen molar-refractivity contribution in [2.45, 2.75) is 45.1 Å². The largest absolute Gasteiger partial charge is 0.481 e. The van der Waals surface area contributed by atoms with E-state index in [1.54, 1.807) is 11.3 Å². The first-order valence-corrected chi connectivity index (χ1v) is 8.10. The van der Waals surface area contributed by atoms with Gasteiger partial charge in [-0.05, 0) is 37.3 Å². The number of hydrogen-bond donors (Lipinski definition) is 1. The Morgan fingerprint density at radius 3 is 3.11 bits per heavy atom. The van der Waals surface area contributed by atoms with Gasteiger partial charge in [-0.2, -0.15) is 0 Å². The standard InChI is InChI=1S/C15H23NO2S/c1-2-3-7-13(14-8-5-10-19-14)16-9-4-6-12(11-16)15(17)18/h5,8,10,12-13H,2-4,6-7,9,11H2,1H3,(H,17,18). The van der Waals surface area contributed by atoms with Crippen molar-refractivity contribution >= 4 is 17.3 Å². The van der Waals surface area contributed by atoms with Crippen LogP contribution in [0.15, 0.2) is 17.5 Å². The predicted octanol–water partition coefficient (Wildman–Crippen LogP) is 3.78. The lowest BCUT2D eigenvalue weighted by atomic mass is 9.95. The minimum absolute atomic E-state index is 0.183. The summed E-state index contributed by atoms with van der Waals surface area (Å²) in [5.41, 5.74) is 0. The normalized spacial score (nSPS) is 22.3. The van der Waals surface area contributed by atoms with Gasteiger partial charge in [-0.15, -0.1) is 11.3 Å². The van der Waals surface area contributed by atoms with Crippen LogP contribution in [0.4, 0.5) is 0 Å². The van der Waals surface area contributed by atoms with Gasteiger partial charge in [0.25, 0.3) is 0 Å². The summed E-state index contributed by atoms with van der Waals surface area (Å²) in [7, 11) is 0. The minimum Gasteiger partial charge on any atom is -0.481 e. The molecule has 0 aromatic carbocycles. The number of carboxylic acid groups (broad SMARTS) is 1. The van der Waals surface area contributed by atoms with E-state index in [0.29, 0.717) is 12.6 Å². The molecule has 1 aliphatic heterocycles. The highest BCUT2D eigenvalue weighted by Gasteiger charge is 2.30. The number of nitrogens with zero attached hydrogens (tertiary/aromatic N) is 1. The van der Waals surface area contributed by atoms with Crippen LogP contribution in [0.1, 0.15) is 49.9 Å². The van der Waals surface area contributed by atoms with Crippen molar-refractivity contribution in [3.8, 4) is 0 Å². The molecule has 1 saturated heterocycles. The molecule has 1 aromatic heterocycles. The first kappa shape index (κ1) is 14.5. The van der Waals surface area contributed by atoms with Gasteiger partial charge in [-0.25, -0.2) is 0 Å². The van der Waals surface area contributed by atoms with E-state index in [0.717, 1.165) is 25.8 Å². The molecular weight excluding hydrogens is 258 g/mol. The van der Waals surface area contributed by atoms with Gasteiger partial charge in [0.15, 0.2) is 0 Å². The van der Waals surface area contributed by atoms with Crippen LogP contribution in [0.2, 0.25) is 0 Å². The van der Waals surface area contributed by atoms with Gasteiger partial charge >= 0.3 is 5.97 Å². The Bertz CT molecular complexity index is 391. The molecule has 2 unspecified atom stereocenters. The lowest BCUT2D eigenvalue weighted by Gasteiger charge is -2.36. The van der Waals surface area contributed by atoms with E-state index < -0.39 is 5.97 Å². The number of aliphatic carboxylic acids is 1. The van der Waals surface area contributed by atoms with Crippen LogP contribution >= 0.6 is 11.3 Å². The lowest BCUT2D eigenvalue weighted by Crippen LogP contribution is -2.40. The Labute approximate surface area is 119 Å². The summed E-state index contributed by atoms with van der Waals surface area (Å²) in [6, 6.07) is 4.70. The van der Waals surface area contributed by atoms with Crippen molar-refractivity contribution in [2.24, 2.45) is 5.92 Å². The van der Waals surface area contributed by atoms with Gasteiger partial charge in [-0.1, -0.05) is 25.8 Å². The van der Waals surface area contributed by atoms with E-state index in [-0.39, 0.29) is 5.92 Å². The smallest absolute Gasteiger partial charge is 0.307 e. The third-order valence-corrected chi connectivity index (χ3v) is 4.92. The zero-order valence-corrected chi connectivity index (χ0v) is 12.4. The fourth-order valence-electron chi connectivity index (χ4n) is 2.87. The molecule has 1 fully saturated rings. The van der Waals surface area contributed by atoms with Crippen LogP contribution in [0.3, 0.4) is 0 Å². The van der Waals surface area contributed by atoms with Crippen molar-refractivity contribution in [1.82, 2.24) is 4.90 Å². The maximum absolute atomic E-state index is 11.2. The Morgan fingerprint density at radius 1 is 1.63 bits per heavy atom. The van der Waals surface area contributed by atoms with Crippen molar-refractivity contribution in [1.29, 1.82) is 0 Å². The van der Waals surface area contributed by atoms with Gasteiger partial charge in [-0.3, -0.25) is 9.69 Å². The van der Waals surface area contributed by atoms with Crippen LogP contribution in [0.25, 0.3) is 0 Å². The van der Waals surface area contributed by atoms with E-state index in [1.165, 1.54) is 17.7 Å². The van der Waals surface area contributed by atoms with Gasteiger partial charge in [0, 0.05) is 17.5 Å². The van der Waals surface area contributed by atoms with Gasteiger partial charge in [0.1, 0.15) is 0 Å². The molecule has 19 heavy (non-hydrogen) atoms. The SMILES string of the molecule is CCCCC(c1cccs1)N1CCCC(C(=O)O)C1. The quantitative estimate of drug-likeness (QED) is 0.862. The highest BCUT2D eigenvalue weighted by Crippen LogP contribution is 2.33. The molecule has 4 heteroatoms. The number of likely N-dealkylation sites (tertiary alicyclic amines) is 1. The second-order valence-electron chi connectivity index (χ2n) is 5.35. The zero-order valence-electron chi connectivity index (χ0n) is 11.5. The average Bonchev–Trinajstić information content (AvgIpc) is 2.93. The Morgan fingerprint density at radius 2 is 2.47 bits per heavy atom. The molecular formula is C15H23NO2S. The number of unbranched alkanes of at least 4 members (excludes halogenated alkanes) is 1. The molecule has 2 rings (SSSR count). The summed E-state index contributed by atoms with van der Waals surface area (Å²) < 4.78 is 0. The number of hydrogen-bond acceptors (Lipinski definition) is 3. The van der Waals surface area contributed by atoms with Crippen molar-refractivity contribution in [2.75, 3.05) is 13.1 Å². The van der Waals surface area contributed by atoms with Crippen LogP contribution < -0.4 is 0 Å². The van der Waals surface area contributed by atoms with E-state index >= 15 is 0 Å². The number of carboxylic acids is 1. The number of piperidine rings is 1. The highest BCUT2D eigenvalue weighted by atomic mass is 32.1. The average molecular weight is 281 g/mol. The van der Waals surface area contributed by atoms with Crippen molar-refractivity contribution in [3.63, 3.8) is 0 Å². The number of carbonyl (C=O) groups is 1. The molecule has 2 heterocycles. The molecule has 3 nitrogen and oxygen atoms in total. The van der Waals surface area contributed by atoms with Crippen molar-refractivity contribution < 1.29 is 9.90 Å². The fraction of sp³-hybridized carbons (Fsp3) is 0.667. The zero-order chi connectivity index (χ0) is 13.7. The monoisotopic (exact) mass is 281 g/mol. The molecule has 1 N–H and O–H groups in total. The molecule has 1 aliphatic rings. The molecule has 0 saturated carbocycles. The molecule has 2 atom stereocenters. The van der Waals surface area contributed by atoms with E-state index in [2.05, 4.69) is 29.3 Å². The Balaban J connectivity index is 2.07. The minimum atomic E-state index is -0.634. The van der Waals surface area contributed by atoms with Crippen LogP contribution in [0.5, 0.6) is 0 Å². The third-order valence-electron chi connectivity index (χ3n) is 3.95. The Hall–Kier alpha value is -0.870. The molecule has 1 aromatic rings. The maximum Gasteiger partial charge on any atom is 0.307 e. The third kappa shape index (κ3) is 3.80. The molecule has 0 spiro atoms. The summed E-state index contributed by atoms with van der Waals surface area (Å²) in [5, 5.41) is 11.3. The molecule has 106 valence electrons. The summed E-state index contributed by atoms with van der Waals surface area (Å²) in [6.45, 7) is 3.96. The maximum atomic E-state index is 11.2. The van der Waals surface area contributed by atoms with Crippen molar-refractivity contribution in [3.05, 3.63) is 22.4 Å². The van der Waals surface area contributed by atoms with Gasteiger partial charge < -0.3 is 5.11 Å². The molecule has 0 bridgehead atoms. The lowest BCUT2D eigenvalue weighted by molar-refractivity contribution is -0.144. The van der Waals surface area contributed by atoms with Crippen LogP contribution in [-0.2, 0) is 4.79 Å². The summed E-state index contributed by atoms with van der Waals surface area (Å²) in [4.78, 5) is 15.0. The first-order valence-electron chi connectivity index (χ1n) is 7.22. The second-order valence-corrected chi connectivity index (χ2v) is 6.33. The van der Waals surface area contributed by atoms with Crippen LogP contribution in [0, 0.1) is 5.92 Å². The topological polar surface area (TPSA) is 40.5 Å². The molecule has 0 amide bonds. The number of thiophene rings is 1. The van der Waals surface area contributed by atoms with E-state index in [4.69, 9.17) is 0 Å². The van der Waals surface area contributed by atoms with E-state index in [9.17, 15) is 9.90 Å². The van der Waals surface area contributed by atoms with Gasteiger partial charge in [0.05, 0.1) is 5.92 Å². The fourth-order valence-corrected chi connectivity index (χ4v) is 3.77. The number of rotatable bonds is 6. The summed E-state index contributed by atoms with van der Waals surface area (Å²) >= 11 is 1.80. The van der Waals surface area contributed by atoms with Crippen LogP contribution in [-0.4, -0.2) is 29.1 Å². The molecule has 0 radical (unpaired) electrons. The summed E-state index contributed by atoms with van der Waals surface area (Å²) in [6.07, 6.45) is 5.37. The predicted molar refractivity (Wildman–Crippen MR) is 78.5 cm³/mol. The summed E-state index contributed by atoms with van der Waals surface area (Å²) in [5.74, 6) is -0.817. The molecule has 0 aliphatic carbocycles.